The van der Waals surface area contributed by atoms with Crippen LogP contribution in [-0.4, -0.2) is 13.2 Å². The van der Waals surface area contributed by atoms with Gasteiger partial charge in [-0.05, 0) is 26.2 Å². The minimum atomic E-state index is 0.388. The van der Waals surface area contributed by atoms with Crippen LogP contribution in [0.2, 0.25) is 0 Å². The van der Waals surface area contributed by atoms with E-state index in [1.807, 2.05) is 0 Å². The predicted octanol–water partition coefficient (Wildman–Crippen LogP) is 2.56. The average molecular weight is 153 g/mol. The van der Waals surface area contributed by atoms with Crippen LogP contribution in [0.4, 0.5) is 0 Å². The largest absolute Gasteiger partial charge is 0.382 e. The smallest absolute Gasteiger partial charge is 0.0543 e. The quantitative estimate of drug-likeness (QED) is 0.421. The van der Waals surface area contributed by atoms with Crippen molar-refractivity contribution >= 4 is 0 Å². The Morgan fingerprint density at radius 2 is 2.09 bits per heavy atom. The van der Waals surface area contributed by atoms with Crippen molar-refractivity contribution in [3.05, 3.63) is 6.42 Å². The zero-order valence-electron chi connectivity index (χ0n) is 7.52. The van der Waals surface area contributed by atoms with Crippen molar-refractivity contribution in [2.75, 3.05) is 7.11 Å². The molecule has 1 heteroatoms. The van der Waals surface area contributed by atoms with Crippen LogP contribution in [0.25, 0.3) is 0 Å². The molecule has 1 radical (unpaired) electrons. The molecule has 0 amide bonds. The third-order valence-electron chi connectivity index (χ3n) is 1.81. The van der Waals surface area contributed by atoms with Crippen molar-refractivity contribution < 1.29 is 4.74 Å². The van der Waals surface area contributed by atoms with Crippen LogP contribution >= 0.6 is 0 Å². The molecule has 0 aliphatic heterocycles. The van der Waals surface area contributed by atoms with Crippen LogP contribution in [-0.2, 0) is 4.74 Å². The summed E-state index contributed by atoms with van der Waals surface area (Å²) in [5, 5.41) is 0. The van der Waals surface area contributed by atoms with Gasteiger partial charge in [0.25, 0.3) is 0 Å². The number of unbranched alkanes of at least 4 members (excludes halogenated alkanes) is 3. The zero-order valence-corrected chi connectivity index (χ0v) is 7.52. The van der Waals surface area contributed by atoms with Gasteiger partial charge in [-0.3, -0.25) is 0 Å². The van der Waals surface area contributed by atoms with Gasteiger partial charge in [0.05, 0.1) is 6.10 Å². The summed E-state index contributed by atoms with van der Waals surface area (Å²) < 4.78 is 5.10. The molecular weight excluding hydrogens is 136 g/mol. The van der Waals surface area contributed by atoms with E-state index in [9.17, 15) is 0 Å². The van der Waals surface area contributed by atoms with E-state index < -0.39 is 0 Å². The van der Waals surface area contributed by atoms with Gasteiger partial charge >= 0.3 is 0 Å². The van der Waals surface area contributed by atoms with Crippen LogP contribution in [0.15, 0.2) is 0 Å². The highest BCUT2D eigenvalue weighted by atomic mass is 16.5. The molecule has 0 aromatic carbocycles. The average Bonchev–Trinajstić information content (AvgIpc) is 2.04. The van der Waals surface area contributed by atoms with Gasteiger partial charge in [0, 0.05) is 13.5 Å². The Morgan fingerprint density at radius 3 is 2.64 bits per heavy atom. The molecular formula is C10H17O. The van der Waals surface area contributed by atoms with E-state index in [4.69, 9.17) is 11.2 Å². The maximum Gasteiger partial charge on any atom is 0.0543 e. The normalized spacial score (nSPS) is 12.5. The minimum absolute atomic E-state index is 0.388. The summed E-state index contributed by atoms with van der Waals surface area (Å²) in [6, 6.07) is 0. The highest BCUT2D eigenvalue weighted by molar-refractivity contribution is 4.74. The van der Waals surface area contributed by atoms with E-state index in [0.29, 0.717) is 6.10 Å². The first-order valence-corrected chi connectivity index (χ1v) is 4.23. The van der Waals surface area contributed by atoms with E-state index in [-0.39, 0.29) is 0 Å². The molecule has 1 unspecified atom stereocenters. The molecule has 0 fully saturated rings. The highest BCUT2D eigenvalue weighted by Gasteiger charge is 1.97. The lowest BCUT2D eigenvalue weighted by Crippen LogP contribution is -2.03. The molecule has 0 N–H and O–H groups in total. The van der Waals surface area contributed by atoms with Crippen molar-refractivity contribution in [3.63, 3.8) is 0 Å². The molecule has 0 rings (SSSR count). The molecule has 0 aromatic heterocycles. The summed E-state index contributed by atoms with van der Waals surface area (Å²) in [5.74, 6) is 2.39. The van der Waals surface area contributed by atoms with Crippen molar-refractivity contribution in [2.24, 2.45) is 0 Å². The van der Waals surface area contributed by atoms with Crippen molar-refractivity contribution in [3.8, 4) is 5.92 Å². The lowest BCUT2D eigenvalue weighted by Gasteiger charge is -2.07. The van der Waals surface area contributed by atoms with Gasteiger partial charge < -0.3 is 4.74 Å². The third-order valence-corrected chi connectivity index (χ3v) is 1.81. The first-order chi connectivity index (χ1) is 5.31. The second-order valence-electron chi connectivity index (χ2n) is 2.82. The first kappa shape index (κ1) is 10.5. The fourth-order valence-corrected chi connectivity index (χ4v) is 0.940. The molecule has 0 spiro atoms. The van der Waals surface area contributed by atoms with Gasteiger partial charge in [-0.1, -0.05) is 18.8 Å². The summed E-state index contributed by atoms with van der Waals surface area (Å²) in [6.07, 6.45) is 12.5. The molecule has 0 aliphatic rings. The molecule has 1 atom stereocenters. The van der Waals surface area contributed by atoms with Gasteiger partial charge in [-0.2, -0.15) is 0 Å². The minimum Gasteiger partial charge on any atom is -0.382 e. The fourth-order valence-electron chi connectivity index (χ4n) is 0.940. The van der Waals surface area contributed by atoms with Crippen LogP contribution in [0.3, 0.4) is 0 Å². The molecule has 0 bridgehead atoms. The maximum absolute atomic E-state index is 6.68. The molecule has 11 heavy (non-hydrogen) atoms. The SMILES string of the molecule is [C]#CCCCCCC(C)OC. The monoisotopic (exact) mass is 153 g/mol. The van der Waals surface area contributed by atoms with E-state index in [1.165, 1.54) is 12.8 Å². The van der Waals surface area contributed by atoms with E-state index in [1.54, 1.807) is 7.11 Å². The van der Waals surface area contributed by atoms with E-state index >= 15 is 0 Å². The number of methoxy groups -OCH3 is 1. The number of hydrogen-bond acceptors (Lipinski definition) is 1. The predicted molar refractivity (Wildman–Crippen MR) is 46.7 cm³/mol. The van der Waals surface area contributed by atoms with Gasteiger partial charge in [-0.25, -0.2) is 0 Å². The molecule has 0 aliphatic carbocycles. The molecule has 1 nitrogen and oxygen atoms in total. The second kappa shape index (κ2) is 7.63. The molecule has 0 aromatic rings. The summed E-state index contributed by atoms with van der Waals surface area (Å²) >= 11 is 0. The third kappa shape index (κ3) is 7.42. The maximum atomic E-state index is 6.68. The standard InChI is InChI=1S/C10H17O/c1-4-5-6-7-8-9-10(2)11-3/h10H,5-9H2,2-3H3. The topological polar surface area (TPSA) is 9.23 Å². The summed E-state index contributed by atoms with van der Waals surface area (Å²) in [5.41, 5.74) is 0. The van der Waals surface area contributed by atoms with Crippen LogP contribution < -0.4 is 0 Å². The fraction of sp³-hybridized carbons (Fsp3) is 0.800. The molecule has 63 valence electrons. The lowest BCUT2D eigenvalue weighted by atomic mass is 10.1. The molecule has 0 saturated heterocycles. The van der Waals surface area contributed by atoms with Crippen LogP contribution in [0, 0.1) is 12.3 Å². The van der Waals surface area contributed by atoms with Crippen molar-refractivity contribution in [2.45, 2.75) is 45.1 Å². The van der Waals surface area contributed by atoms with Gasteiger partial charge in [0.15, 0.2) is 0 Å². The Bertz CT molecular complexity index is 113. The Labute approximate surface area is 70.1 Å². The number of ether oxygens (including phenoxy) is 1. The molecule has 0 saturated carbocycles. The van der Waals surface area contributed by atoms with E-state index in [0.717, 1.165) is 19.3 Å². The van der Waals surface area contributed by atoms with Gasteiger partial charge in [0.2, 0.25) is 0 Å². The van der Waals surface area contributed by atoms with E-state index in [2.05, 4.69) is 12.8 Å². The van der Waals surface area contributed by atoms with Crippen LogP contribution in [0.5, 0.6) is 0 Å². The Kier molecular flexibility index (Phi) is 7.29. The first-order valence-electron chi connectivity index (χ1n) is 4.23. The zero-order chi connectivity index (χ0) is 8.53. The van der Waals surface area contributed by atoms with Crippen molar-refractivity contribution in [1.82, 2.24) is 0 Å². The van der Waals surface area contributed by atoms with Crippen molar-refractivity contribution in [1.29, 1.82) is 0 Å². The number of hydrogen-bond donors (Lipinski definition) is 0. The Hall–Kier alpha value is -0.480. The molecule has 0 heterocycles. The van der Waals surface area contributed by atoms with Gasteiger partial charge in [0.1, 0.15) is 0 Å². The highest BCUT2D eigenvalue weighted by Crippen LogP contribution is 2.06. The second-order valence-corrected chi connectivity index (χ2v) is 2.82. The summed E-state index contributed by atoms with van der Waals surface area (Å²) in [7, 11) is 1.75. The Morgan fingerprint density at radius 1 is 1.36 bits per heavy atom. The lowest BCUT2D eigenvalue weighted by molar-refractivity contribution is 0.108. The number of rotatable bonds is 6. The van der Waals surface area contributed by atoms with Crippen LogP contribution in [0.1, 0.15) is 39.0 Å². The van der Waals surface area contributed by atoms with Gasteiger partial charge in [-0.15, -0.1) is 0 Å². The Balaban J connectivity index is 2.97. The summed E-state index contributed by atoms with van der Waals surface area (Å²) in [4.78, 5) is 0. The summed E-state index contributed by atoms with van der Waals surface area (Å²) in [6.45, 7) is 2.09.